The molecule has 1 saturated carbocycles. The lowest BCUT2D eigenvalue weighted by Gasteiger charge is -2.46. The van der Waals surface area contributed by atoms with E-state index in [0.29, 0.717) is 37.3 Å². The van der Waals surface area contributed by atoms with Gasteiger partial charge in [0, 0.05) is 63.3 Å². The Morgan fingerprint density at radius 1 is 1.30 bits per heavy atom. The first kappa shape index (κ1) is 23.0. The fourth-order valence-electron chi connectivity index (χ4n) is 4.02. The third-order valence-corrected chi connectivity index (χ3v) is 6.21. The molecule has 3 N–H and O–H groups in total. The van der Waals surface area contributed by atoms with Gasteiger partial charge in [-0.25, -0.2) is 4.98 Å². The van der Waals surface area contributed by atoms with Gasteiger partial charge in [0.1, 0.15) is 11.5 Å². The van der Waals surface area contributed by atoms with E-state index in [9.17, 15) is 9.59 Å². The third kappa shape index (κ3) is 5.82. The summed E-state index contributed by atoms with van der Waals surface area (Å²) in [6.07, 6.45) is 9.43. The summed E-state index contributed by atoms with van der Waals surface area (Å²) in [5.41, 5.74) is 2.52. The average Bonchev–Trinajstić information content (AvgIpc) is 3.59. The minimum atomic E-state index is -0.0910. The molecule has 2 fully saturated rings. The summed E-state index contributed by atoms with van der Waals surface area (Å²) < 4.78 is 0. The molecule has 1 saturated heterocycles. The van der Waals surface area contributed by atoms with Gasteiger partial charge >= 0.3 is 0 Å². The second kappa shape index (κ2) is 10.2. The Labute approximate surface area is 195 Å². The average molecular weight is 451 g/mol. The highest BCUT2D eigenvalue weighted by molar-refractivity contribution is 5.88. The zero-order chi connectivity index (χ0) is 23.4. The van der Waals surface area contributed by atoms with Gasteiger partial charge < -0.3 is 25.4 Å². The number of pyridine rings is 2. The van der Waals surface area contributed by atoms with Gasteiger partial charge in [-0.1, -0.05) is 19.9 Å². The van der Waals surface area contributed by atoms with Gasteiger partial charge in [-0.3, -0.25) is 9.59 Å². The molecule has 0 aromatic carbocycles. The lowest BCUT2D eigenvalue weighted by atomic mass is 10.0. The number of nitrogens with one attached hydrogen (secondary N) is 3. The molecule has 0 unspecified atom stereocenters. The van der Waals surface area contributed by atoms with Gasteiger partial charge in [0.25, 0.3) is 5.56 Å². The number of rotatable bonds is 10. The zero-order valence-corrected chi connectivity index (χ0v) is 19.7. The maximum absolute atomic E-state index is 12.8. The van der Waals surface area contributed by atoms with Crippen LogP contribution in [-0.4, -0.2) is 66.1 Å². The van der Waals surface area contributed by atoms with Gasteiger partial charge in [-0.2, -0.15) is 0 Å². The molecule has 0 spiro atoms. The Morgan fingerprint density at radius 3 is 2.79 bits per heavy atom. The van der Waals surface area contributed by atoms with Crippen LogP contribution in [0, 0.1) is 5.92 Å². The highest BCUT2D eigenvalue weighted by atomic mass is 16.2. The minimum absolute atomic E-state index is 0.0298. The number of H-pyrrole nitrogens is 1. The molecule has 1 amide bonds. The number of aromatic amines is 1. The number of hydrogen-bond donors (Lipinski definition) is 3. The molecule has 8 heteroatoms. The quantitative estimate of drug-likeness (QED) is 0.482. The first-order valence-corrected chi connectivity index (χ1v) is 11.8. The Kier molecular flexibility index (Phi) is 7.13. The molecule has 0 radical (unpaired) electrons. The number of likely N-dealkylation sites (tertiary alicyclic amines) is 1. The maximum atomic E-state index is 12.8. The van der Waals surface area contributed by atoms with Crippen LogP contribution in [0.3, 0.4) is 0 Å². The van der Waals surface area contributed by atoms with Crippen LogP contribution in [0.2, 0.25) is 0 Å². The lowest BCUT2D eigenvalue weighted by molar-refractivity contribution is -0.130. The highest BCUT2D eigenvalue weighted by Crippen LogP contribution is 2.34. The van der Waals surface area contributed by atoms with E-state index in [1.165, 1.54) is 12.8 Å². The van der Waals surface area contributed by atoms with Gasteiger partial charge in [0.2, 0.25) is 5.91 Å². The van der Waals surface area contributed by atoms with Gasteiger partial charge in [0.15, 0.2) is 0 Å². The van der Waals surface area contributed by atoms with Crippen molar-refractivity contribution in [3.63, 3.8) is 0 Å². The normalized spacial score (nSPS) is 16.3. The summed E-state index contributed by atoms with van der Waals surface area (Å²) in [5, 5.41) is 6.33. The van der Waals surface area contributed by atoms with Crippen LogP contribution in [0.5, 0.6) is 0 Å². The van der Waals surface area contributed by atoms with E-state index in [2.05, 4.69) is 39.3 Å². The van der Waals surface area contributed by atoms with Crippen molar-refractivity contribution < 1.29 is 4.79 Å². The standard InChI is InChI=1S/C25H34N6O2/c1-17(2)27-9-4-5-24(32)30-15-21(16-30)31(14-18-6-7-18)22-11-20(13-29-25(22)33)19-8-10-28-23(12-19)26-3/h4-5,8,10-13,17-18,21,27H,6-7,9,14-16H2,1-3H3,(H,26,28)(H,29,33)/b5-4+. The molecule has 2 aromatic rings. The monoisotopic (exact) mass is 450 g/mol. The highest BCUT2D eigenvalue weighted by Gasteiger charge is 2.37. The molecule has 4 rings (SSSR count). The number of carbonyl (C=O) groups excluding carboxylic acids is 1. The van der Waals surface area contributed by atoms with Crippen LogP contribution < -0.4 is 21.1 Å². The molecule has 1 aliphatic heterocycles. The summed E-state index contributed by atoms with van der Waals surface area (Å²) in [5.74, 6) is 1.43. The molecule has 0 atom stereocenters. The first-order valence-electron chi connectivity index (χ1n) is 11.8. The van der Waals surface area contributed by atoms with Gasteiger partial charge in [-0.15, -0.1) is 0 Å². The first-order chi connectivity index (χ1) is 15.9. The topological polar surface area (TPSA) is 93.4 Å². The van der Waals surface area contributed by atoms with Crippen molar-refractivity contribution >= 4 is 17.4 Å². The zero-order valence-electron chi connectivity index (χ0n) is 19.7. The molecular weight excluding hydrogens is 416 g/mol. The van der Waals surface area contributed by atoms with E-state index in [1.807, 2.05) is 36.2 Å². The Bertz CT molecular complexity index is 1050. The molecule has 8 nitrogen and oxygen atoms in total. The Morgan fingerprint density at radius 2 is 2.09 bits per heavy atom. The van der Waals surface area contributed by atoms with E-state index in [0.717, 1.165) is 23.5 Å². The van der Waals surface area contributed by atoms with Crippen molar-refractivity contribution in [1.29, 1.82) is 0 Å². The van der Waals surface area contributed by atoms with Crippen molar-refractivity contribution in [3.05, 3.63) is 53.1 Å². The summed E-state index contributed by atoms with van der Waals surface area (Å²) in [6.45, 7) is 6.96. The lowest BCUT2D eigenvalue weighted by Crippen LogP contribution is -2.62. The number of carbonyl (C=O) groups is 1. The second-order valence-electron chi connectivity index (χ2n) is 9.24. The van der Waals surface area contributed by atoms with Crippen molar-refractivity contribution in [3.8, 4) is 11.1 Å². The molecule has 3 heterocycles. The molecule has 1 aliphatic carbocycles. The molecule has 2 aromatic heterocycles. The van der Waals surface area contributed by atoms with Crippen molar-refractivity contribution in [2.75, 3.05) is 43.4 Å². The molecule has 33 heavy (non-hydrogen) atoms. The number of anilines is 2. The van der Waals surface area contributed by atoms with Crippen LogP contribution in [0.15, 0.2) is 47.5 Å². The van der Waals surface area contributed by atoms with E-state index < -0.39 is 0 Å². The maximum Gasteiger partial charge on any atom is 0.271 e. The minimum Gasteiger partial charge on any atom is -0.373 e. The van der Waals surface area contributed by atoms with Crippen molar-refractivity contribution in [2.24, 2.45) is 5.92 Å². The molecule has 176 valence electrons. The number of nitrogens with zero attached hydrogens (tertiary/aromatic N) is 3. The molecule has 2 aliphatic rings. The van der Waals surface area contributed by atoms with E-state index >= 15 is 0 Å². The fraction of sp³-hybridized carbons (Fsp3) is 0.480. The van der Waals surface area contributed by atoms with Gasteiger partial charge in [-0.05, 0) is 42.5 Å². The Hall–Kier alpha value is -3.13. The summed E-state index contributed by atoms with van der Waals surface area (Å²) >= 11 is 0. The second-order valence-corrected chi connectivity index (χ2v) is 9.24. The summed E-state index contributed by atoms with van der Waals surface area (Å²) in [7, 11) is 1.83. The fourth-order valence-corrected chi connectivity index (χ4v) is 4.02. The largest absolute Gasteiger partial charge is 0.373 e. The SMILES string of the molecule is CNc1cc(-c2c[nH]c(=O)c(N(CC3CC3)C3CN(C(=O)/C=C/CNC(C)C)C3)c2)ccn1. The van der Waals surface area contributed by atoms with Gasteiger partial charge in [0.05, 0.1) is 6.04 Å². The molecular formula is C25H34N6O2. The van der Waals surface area contributed by atoms with Crippen LogP contribution in [0.25, 0.3) is 11.1 Å². The number of hydrogen-bond acceptors (Lipinski definition) is 6. The number of amides is 1. The van der Waals surface area contributed by atoms with Crippen LogP contribution in [0.1, 0.15) is 26.7 Å². The van der Waals surface area contributed by atoms with Crippen molar-refractivity contribution in [2.45, 2.75) is 38.8 Å². The van der Waals surface area contributed by atoms with E-state index in [4.69, 9.17) is 0 Å². The van der Waals surface area contributed by atoms with E-state index in [-0.39, 0.29) is 17.5 Å². The third-order valence-electron chi connectivity index (χ3n) is 6.21. The van der Waals surface area contributed by atoms with Crippen molar-refractivity contribution in [1.82, 2.24) is 20.2 Å². The molecule has 0 bridgehead atoms. The van der Waals surface area contributed by atoms with Crippen LogP contribution in [0.4, 0.5) is 11.5 Å². The predicted molar refractivity (Wildman–Crippen MR) is 133 cm³/mol. The Balaban J connectivity index is 1.48. The smallest absolute Gasteiger partial charge is 0.271 e. The number of aromatic nitrogens is 2. The van der Waals surface area contributed by atoms with E-state index in [1.54, 1.807) is 18.5 Å². The summed E-state index contributed by atoms with van der Waals surface area (Å²) in [4.78, 5) is 36.6. The predicted octanol–water partition coefficient (Wildman–Crippen LogP) is 2.46. The van der Waals surface area contributed by atoms with Crippen LogP contribution in [-0.2, 0) is 4.79 Å². The van der Waals surface area contributed by atoms with Crippen LogP contribution >= 0.6 is 0 Å². The summed E-state index contributed by atoms with van der Waals surface area (Å²) in [6, 6.07) is 6.41.